The van der Waals surface area contributed by atoms with Crippen LogP contribution in [0.5, 0.6) is 0 Å². The van der Waals surface area contributed by atoms with Crippen molar-refractivity contribution in [1.82, 2.24) is 19.6 Å². The molecular formula is C22H23ClN4O3S. The van der Waals surface area contributed by atoms with E-state index >= 15 is 0 Å². The molecule has 2 aliphatic heterocycles. The molecule has 5 rings (SSSR count). The molecule has 2 amide bonds. The molecule has 0 N–H and O–H groups in total. The van der Waals surface area contributed by atoms with Gasteiger partial charge in [-0.2, -0.15) is 5.10 Å². The highest BCUT2D eigenvalue weighted by Crippen LogP contribution is 2.45. The zero-order valence-corrected chi connectivity index (χ0v) is 18.8. The van der Waals surface area contributed by atoms with Crippen molar-refractivity contribution in [1.29, 1.82) is 0 Å². The number of alkyl halides is 1. The van der Waals surface area contributed by atoms with E-state index < -0.39 is 0 Å². The SMILES string of the molecule is Cn1cc2cc(-c3ccc(CN4C(=O)CSC45CCN(C(=O)CCl)CC5)o3)ccc2n1. The number of fused-ring (bicyclic) bond motifs is 1. The van der Waals surface area contributed by atoms with Crippen molar-refractivity contribution in [2.24, 2.45) is 7.05 Å². The van der Waals surface area contributed by atoms with Gasteiger partial charge in [-0.25, -0.2) is 0 Å². The molecule has 2 saturated heterocycles. The van der Waals surface area contributed by atoms with Gasteiger partial charge in [-0.15, -0.1) is 23.4 Å². The molecule has 2 aliphatic rings. The summed E-state index contributed by atoms with van der Waals surface area (Å²) in [6.07, 6.45) is 3.47. The van der Waals surface area contributed by atoms with Gasteiger partial charge in [0.25, 0.3) is 0 Å². The number of carbonyl (C=O) groups is 2. The third-order valence-electron chi connectivity index (χ3n) is 6.15. The molecule has 9 heteroatoms. The number of rotatable bonds is 4. The van der Waals surface area contributed by atoms with Crippen LogP contribution in [-0.4, -0.2) is 61.0 Å². The summed E-state index contributed by atoms with van der Waals surface area (Å²) >= 11 is 7.39. The van der Waals surface area contributed by atoms with Crippen molar-refractivity contribution in [3.8, 4) is 11.3 Å². The molecule has 1 spiro atoms. The van der Waals surface area contributed by atoms with E-state index in [-0.39, 0.29) is 22.6 Å². The van der Waals surface area contributed by atoms with Crippen LogP contribution < -0.4 is 0 Å². The number of thioether (sulfide) groups is 1. The number of furan rings is 1. The molecule has 2 fully saturated rings. The second-order valence-electron chi connectivity index (χ2n) is 8.07. The Morgan fingerprint density at radius 1 is 1.26 bits per heavy atom. The van der Waals surface area contributed by atoms with E-state index in [9.17, 15) is 9.59 Å². The van der Waals surface area contributed by atoms with E-state index in [0.717, 1.165) is 40.8 Å². The number of nitrogens with zero attached hydrogens (tertiary/aromatic N) is 4. The monoisotopic (exact) mass is 458 g/mol. The highest BCUT2D eigenvalue weighted by atomic mass is 35.5. The van der Waals surface area contributed by atoms with Crippen LogP contribution in [0.15, 0.2) is 40.9 Å². The Bertz CT molecular complexity index is 1150. The summed E-state index contributed by atoms with van der Waals surface area (Å²) in [6, 6.07) is 9.94. The van der Waals surface area contributed by atoms with E-state index in [1.165, 1.54) is 0 Å². The van der Waals surface area contributed by atoms with Gasteiger partial charge in [0.15, 0.2) is 0 Å². The lowest BCUT2D eigenvalue weighted by atomic mass is 10.0. The molecule has 1 aromatic carbocycles. The van der Waals surface area contributed by atoms with Gasteiger partial charge in [0.2, 0.25) is 11.8 Å². The quantitative estimate of drug-likeness (QED) is 0.560. The number of hydrogen-bond donors (Lipinski definition) is 0. The molecule has 2 aromatic heterocycles. The summed E-state index contributed by atoms with van der Waals surface area (Å²) in [7, 11) is 1.90. The first-order chi connectivity index (χ1) is 15.0. The maximum atomic E-state index is 12.7. The molecule has 3 aromatic rings. The van der Waals surface area contributed by atoms with E-state index in [1.807, 2.05) is 42.4 Å². The fourth-order valence-electron chi connectivity index (χ4n) is 4.49. The minimum atomic E-state index is -0.276. The van der Waals surface area contributed by atoms with Crippen molar-refractivity contribution < 1.29 is 14.0 Å². The van der Waals surface area contributed by atoms with Crippen molar-refractivity contribution in [2.45, 2.75) is 24.3 Å². The lowest BCUT2D eigenvalue weighted by Crippen LogP contribution is -2.52. The fraction of sp³-hybridized carbons (Fsp3) is 0.409. The molecule has 0 unspecified atom stereocenters. The molecule has 4 heterocycles. The molecule has 0 bridgehead atoms. The molecule has 7 nitrogen and oxygen atoms in total. The van der Waals surface area contributed by atoms with Gasteiger partial charge in [-0.1, -0.05) is 0 Å². The Hall–Kier alpha value is -2.45. The first-order valence-electron chi connectivity index (χ1n) is 10.3. The van der Waals surface area contributed by atoms with E-state index in [0.29, 0.717) is 25.4 Å². The number of aromatic nitrogens is 2. The van der Waals surface area contributed by atoms with Crippen molar-refractivity contribution in [3.63, 3.8) is 0 Å². The number of aryl methyl sites for hydroxylation is 1. The Kier molecular flexibility index (Phi) is 5.22. The van der Waals surface area contributed by atoms with Gasteiger partial charge in [-0.3, -0.25) is 14.3 Å². The van der Waals surface area contributed by atoms with Crippen molar-refractivity contribution in [2.75, 3.05) is 24.7 Å². The summed E-state index contributed by atoms with van der Waals surface area (Å²) in [5, 5.41) is 5.46. The van der Waals surface area contributed by atoms with Gasteiger partial charge < -0.3 is 14.2 Å². The van der Waals surface area contributed by atoms with Crippen LogP contribution in [0.1, 0.15) is 18.6 Å². The Labute approximate surface area is 189 Å². The van der Waals surface area contributed by atoms with Crippen LogP contribution in [0.2, 0.25) is 0 Å². The number of carbonyl (C=O) groups excluding carboxylic acids is 2. The van der Waals surface area contributed by atoms with Crippen LogP contribution in [0, 0.1) is 0 Å². The minimum Gasteiger partial charge on any atom is -0.459 e. The van der Waals surface area contributed by atoms with E-state index in [4.69, 9.17) is 16.0 Å². The summed E-state index contributed by atoms with van der Waals surface area (Å²) in [6.45, 7) is 1.68. The summed E-state index contributed by atoms with van der Waals surface area (Å²) < 4.78 is 7.93. The van der Waals surface area contributed by atoms with Crippen LogP contribution in [0.3, 0.4) is 0 Å². The predicted molar refractivity (Wildman–Crippen MR) is 121 cm³/mol. The van der Waals surface area contributed by atoms with E-state index in [2.05, 4.69) is 11.2 Å². The standard InChI is InChI=1S/C22H23ClN4O3S/c1-25-12-16-10-15(2-4-18(16)24-25)19-5-3-17(30-19)13-27-21(29)14-31-22(27)6-8-26(9-7-22)20(28)11-23/h2-5,10,12H,6-9,11,13-14H2,1H3. The lowest BCUT2D eigenvalue weighted by molar-refractivity contribution is -0.134. The average molecular weight is 459 g/mol. The third kappa shape index (κ3) is 3.72. The number of hydrogen-bond acceptors (Lipinski definition) is 5. The number of piperidine rings is 1. The Morgan fingerprint density at radius 3 is 2.84 bits per heavy atom. The highest BCUT2D eigenvalue weighted by molar-refractivity contribution is 8.01. The number of halogens is 1. The zero-order valence-electron chi connectivity index (χ0n) is 17.2. The normalized spacial score (nSPS) is 18.5. The second kappa shape index (κ2) is 7.91. The number of amides is 2. The lowest BCUT2D eigenvalue weighted by Gasteiger charge is -2.43. The minimum absolute atomic E-state index is 0.00277. The average Bonchev–Trinajstić information content (AvgIpc) is 3.47. The number of benzene rings is 1. The van der Waals surface area contributed by atoms with Gasteiger partial charge in [-0.05, 0) is 43.2 Å². The molecule has 162 valence electrons. The van der Waals surface area contributed by atoms with Crippen molar-refractivity contribution >= 4 is 46.1 Å². The van der Waals surface area contributed by atoms with Gasteiger partial charge in [0.05, 0.1) is 22.7 Å². The molecular weight excluding hydrogens is 436 g/mol. The Balaban J connectivity index is 1.33. The summed E-state index contributed by atoms with van der Waals surface area (Å²) in [5.41, 5.74) is 1.93. The van der Waals surface area contributed by atoms with Crippen molar-refractivity contribution in [3.05, 3.63) is 42.3 Å². The Morgan fingerprint density at radius 2 is 2.06 bits per heavy atom. The van der Waals surface area contributed by atoms with E-state index in [1.54, 1.807) is 21.3 Å². The van der Waals surface area contributed by atoms with Crippen LogP contribution >= 0.6 is 23.4 Å². The zero-order chi connectivity index (χ0) is 21.6. The largest absolute Gasteiger partial charge is 0.459 e. The fourth-order valence-corrected chi connectivity index (χ4v) is 6.00. The van der Waals surface area contributed by atoms with Crippen LogP contribution in [0.4, 0.5) is 0 Å². The first-order valence-corrected chi connectivity index (χ1v) is 11.8. The maximum Gasteiger partial charge on any atom is 0.237 e. The summed E-state index contributed by atoms with van der Waals surface area (Å²) in [5.74, 6) is 2.08. The number of likely N-dealkylation sites (tertiary alicyclic amines) is 1. The third-order valence-corrected chi connectivity index (χ3v) is 7.93. The second-order valence-corrected chi connectivity index (χ2v) is 9.68. The molecule has 0 atom stereocenters. The van der Waals surface area contributed by atoms with Crippen LogP contribution in [-0.2, 0) is 23.2 Å². The maximum absolute atomic E-state index is 12.7. The van der Waals surface area contributed by atoms with Gasteiger partial charge in [0, 0.05) is 37.3 Å². The van der Waals surface area contributed by atoms with Crippen LogP contribution in [0.25, 0.3) is 22.2 Å². The topological polar surface area (TPSA) is 71.6 Å². The highest BCUT2D eigenvalue weighted by Gasteiger charge is 2.48. The molecule has 0 radical (unpaired) electrons. The predicted octanol–water partition coefficient (Wildman–Crippen LogP) is 3.47. The van der Waals surface area contributed by atoms with Gasteiger partial charge in [0.1, 0.15) is 17.4 Å². The molecule has 0 saturated carbocycles. The van der Waals surface area contributed by atoms with Gasteiger partial charge >= 0.3 is 0 Å². The first kappa shape index (κ1) is 20.5. The molecule has 31 heavy (non-hydrogen) atoms. The molecule has 0 aliphatic carbocycles. The summed E-state index contributed by atoms with van der Waals surface area (Å²) in [4.78, 5) is 28.1. The smallest absolute Gasteiger partial charge is 0.237 e.